The van der Waals surface area contributed by atoms with Gasteiger partial charge in [-0.05, 0) is 31.4 Å². The monoisotopic (exact) mass is 407 g/mol. The predicted octanol–water partition coefficient (Wildman–Crippen LogP) is 2.80. The summed E-state index contributed by atoms with van der Waals surface area (Å²) in [5.74, 6) is -2.10. The number of anilines is 3. The number of nitrogens with zero attached hydrogens (tertiary/aromatic N) is 4. The minimum absolute atomic E-state index is 0.0331. The fraction of sp³-hybridized carbons (Fsp3) is 0.444. The van der Waals surface area contributed by atoms with E-state index < -0.39 is 11.6 Å². The Morgan fingerprint density at radius 1 is 1.18 bits per heavy atom. The molecule has 2 aliphatic heterocycles. The summed E-state index contributed by atoms with van der Waals surface area (Å²) in [4.78, 5) is 28.0. The maximum absolute atomic E-state index is 13.8. The van der Waals surface area contributed by atoms with Gasteiger partial charge in [-0.25, -0.2) is 8.78 Å². The minimum atomic E-state index is -0.801. The fourth-order valence-electron chi connectivity index (χ4n) is 3.49. The highest BCUT2D eigenvalue weighted by Gasteiger charge is 2.30. The van der Waals surface area contributed by atoms with Crippen molar-refractivity contribution in [3.05, 3.63) is 29.8 Å². The van der Waals surface area contributed by atoms with Crippen molar-refractivity contribution in [2.24, 2.45) is 5.92 Å². The Bertz CT molecular complexity index is 906. The van der Waals surface area contributed by atoms with E-state index in [4.69, 9.17) is 0 Å². The predicted molar refractivity (Wildman–Crippen MR) is 101 cm³/mol. The van der Waals surface area contributed by atoms with E-state index in [1.807, 2.05) is 4.90 Å². The summed E-state index contributed by atoms with van der Waals surface area (Å²) in [6, 6.07) is 3.06. The topological polar surface area (TPSA) is 78.4 Å². The Morgan fingerprint density at radius 3 is 2.75 bits per heavy atom. The second kappa shape index (κ2) is 7.78. The molecular formula is C18H19F2N5O2S. The van der Waals surface area contributed by atoms with Gasteiger partial charge in [0.2, 0.25) is 22.1 Å². The molecule has 2 saturated heterocycles. The second-order valence-electron chi connectivity index (χ2n) is 6.91. The average Bonchev–Trinajstić information content (AvgIpc) is 3.33. The highest BCUT2D eigenvalue weighted by atomic mass is 32.1. The first-order valence-electron chi connectivity index (χ1n) is 9.16. The molecule has 0 saturated carbocycles. The minimum Gasteiger partial charge on any atom is -0.346 e. The van der Waals surface area contributed by atoms with Gasteiger partial charge >= 0.3 is 0 Å². The summed E-state index contributed by atoms with van der Waals surface area (Å²) in [5.41, 5.74) is -0.0331. The van der Waals surface area contributed by atoms with E-state index in [2.05, 4.69) is 15.5 Å². The number of carbonyl (C=O) groups is 2. The molecule has 1 atom stereocenters. The van der Waals surface area contributed by atoms with Crippen molar-refractivity contribution in [1.29, 1.82) is 0 Å². The molecule has 1 aromatic heterocycles. The molecule has 28 heavy (non-hydrogen) atoms. The van der Waals surface area contributed by atoms with Crippen molar-refractivity contribution >= 4 is 39.1 Å². The van der Waals surface area contributed by atoms with E-state index in [0.29, 0.717) is 36.2 Å². The lowest BCUT2D eigenvalue weighted by Crippen LogP contribution is -2.40. The molecule has 1 N–H and O–H groups in total. The molecule has 4 rings (SSSR count). The smallest absolute Gasteiger partial charge is 0.229 e. The van der Waals surface area contributed by atoms with E-state index in [0.717, 1.165) is 31.5 Å². The van der Waals surface area contributed by atoms with Gasteiger partial charge < -0.3 is 10.2 Å². The third kappa shape index (κ3) is 3.82. The lowest BCUT2D eigenvalue weighted by atomic mass is 9.97. The van der Waals surface area contributed by atoms with Gasteiger partial charge in [-0.3, -0.25) is 14.5 Å². The fourth-order valence-corrected chi connectivity index (χ4v) is 4.41. The normalized spacial score (nSPS) is 19.9. The molecule has 0 aliphatic carbocycles. The summed E-state index contributed by atoms with van der Waals surface area (Å²) in [6.45, 7) is 1.82. The van der Waals surface area contributed by atoms with Crippen molar-refractivity contribution in [3.8, 4) is 0 Å². The van der Waals surface area contributed by atoms with Gasteiger partial charge in [0.25, 0.3) is 0 Å². The summed E-state index contributed by atoms with van der Waals surface area (Å²) in [6.07, 6.45) is 2.80. The molecule has 0 unspecified atom stereocenters. The molecule has 0 spiro atoms. The van der Waals surface area contributed by atoms with Crippen molar-refractivity contribution in [1.82, 2.24) is 10.2 Å². The Kier molecular flexibility index (Phi) is 5.21. The molecule has 2 aliphatic rings. The average molecular weight is 407 g/mol. The zero-order chi connectivity index (χ0) is 19.7. The quantitative estimate of drug-likeness (QED) is 0.843. The van der Waals surface area contributed by atoms with Crippen LogP contribution in [0.4, 0.5) is 24.7 Å². The summed E-state index contributed by atoms with van der Waals surface area (Å²) in [7, 11) is 0. The van der Waals surface area contributed by atoms with Crippen LogP contribution in [0.2, 0.25) is 0 Å². The number of hydrogen-bond acceptors (Lipinski definition) is 6. The number of halogens is 2. The molecule has 1 aromatic carbocycles. The summed E-state index contributed by atoms with van der Waals surface area (Å²) < 4.78 is 26.8. The largest absolute Gasteiger partial charge is 0.346 e. The number of rotatable bonds is 4. The van der Waals surface area contributed by atoms with Crippen LogP contribution in [-0.4, -0.2) is 41.6 Å². The second-order valence-corrected chi connectivity index (χ2v) is 7.85. The van der Waals surface area contributed by atoms with E-state index >= 15 is 0 Å². The highest BCUT2D eigenvalue weighted by Crippen LogP contribution is 2.32. The van der Waals surface area contributed by atoms with Crippen LogP contribution in [0, 0.1) is 17.6 Å². The van der Waals surface area contributed by atoms with Gasteiger partial charge in [0, 0.05) is 32.1 Å². The highest BCUT2D eigenvalue weighted by molar-refractivity contribution is 7.19. The number of amides is 2. The van der Waals surface area contributed by atoms with Crippen molar-refractivity contribution in [2.45, 2.75) is 25.7 Å². The molecular weight excluding hydrogens is 388 g/mol. The lowest BCUT2D eigenvalue weighted by Gasteiger charge is -2.31. The number of piperidine rings is 1. The van der Waals surface area contributed by atoms with Crippen molar-refractivity contribution in [3.63, 3.8) is 0 Å². The first-order chi connectivity index (χ1) is 13.5. The number of nitrogens with one attached hydrogen (secondary N) is 1. The van der Waals surface area contributed by atoms with Gasteiger partial charge in [0.15, 0.2) is 0 Å². The number of carbonyl (C=O) groups excluding carboxylic acids is 2. The maximum atomic E-state index is 13.8. The van der Waals surface area contributed by atoms with Crippen LogP contribution in [-0.2, 0) is 9.59 Å². The van der Waals surface area contributed by atoms with Gasteiger partial charge in [-0.15, -0.1) is 10.2 Å². The van der Waals surface area contributed by atoms with Crippen LogP contribution in [0.15, 0.2) is 18.2 Å². The van der Waals surface area contributed by atoms with Gasteiger partial charge in [0.1, 0.15) is 11.6 Å². The van der Waals surface area contributed by atoms with Crippen LogP contribution in [0.25, 0.3) is 0 Å². The van der Waals surface area contributed by atoms with E-state index in [1.54, 1.807) is 4.90 Å². The molecule has 0 bridgehead atoms. The molecule has 10 heteroatoms. The van der Waals surface area contributed by atoms with Crippen LogP contribution in [0.5, 0.6) is 0 Å². The molecule has 0 radical (unpaired) electrons. The summed E-state index contributed by atoms with van der Waals surface area (Å²) >= 11 is 1.34. The van der Waals surface area contributed by atoms with Crippen LogP contribution >= 0.6 is 11.3 Å². The SMILES string of the molecule is O=C(Nc1ccc(F)cc1F)[C@@H]1CCCN(c2nnc(N3CCCC3=O)s2)C1. The third-order valence-electron chi connectivity index (χ3n) is 4.96. The summed E-state index contributed by atoms with van der Waals surface area (Å²) in [5, 5.41) is 12.1. The Balaban J connectivity index is 1.42. The number of aromatic nitrogens is 2. The zero-order valence-electron chi connectivity index (χ0n) is 15.0. The maximum Gasteiger partial charge on any atom is 0.229 e. The zero-order valence-corrected chi connectivity index (χ0v) is 15.8. The van der Waals surface area contributed by atoms with E-state index in [1.165, 1.54) is 17.4 Å². The Morgan fingerprint density at radius 2 is 2.00 bits per heavy atom. The Hall–Kier alpha value is -2.62. The molecule has 2 fully saturated rings. The molecule has 148 valence electrons. The Labute approximate surface area is 164 Å². The lowest BCUT2D eigenvalue weighted by molar-refractivity contribution is -0.120. The van der Waals surface area contributed by atoms with E-state index in [-0.39, 0.29) is 23.4 Å². The van der Waals surface area contributed by atoms with Crippen LogP contribution in [0.3, 0.4) is 0 Å². The third-order valence-corrected chi connectivity index (χ3v) is 5.97. The molecule has 7 nitrogen and oxygen atoms in total. The molecule has 2 amide bonds. The number of hydrogen-bond donors (Lipinski definition) is 1. The van der Waals surface area contributed by atoms with Gasteiger partial charge in [0.05, 0.1) is 11.6 Å². The van der Waals surface area contributed by atoms with Crippen LogP contribution in [0.1, 0.15) is 25.7 Å². The van der Waals surface area contributed by atoms with Crippen LogP contribution < -0.4 is 15.1 Å². The molecule has 2 aromatic rings. The van der Waals surface area contributed by atoms with Crippen molar-refractivity contribution in [2.75, 3.05) is 34.8 Å². The van der Waals surface area contributed by atoms with Gasteiger partial charge in [-0.2, -0.15) is 0 Å². The number of benzene rings is 1. The van der Waals surface area contributed by atoms with E-state index in [9.17, 15) is 18.4 Å². The van der Waals surface area contributed by atoms with Gasteiger partial charge in [-0.1, -0.05) is 11.3 Å². The first kappa shape index (κ1) is 18.7. The standard InChI is InChI=1S/C18H19F2N5O2S/c19-12-5-6-14(13(20)9-12)21-16(27)11-3-1-7-24(10-11)17-22-23-18(28-17)25-8-2-4-15(25)26/h5-6,9,11H,1-4,7-8,10H2,(H,21,27)/t11-/m1/s1. The first-order valence-corrected chi connectivity index (χ1v) is 9.97. The molecule has 3 heterocycles. The van der Waals surface area contributed by atoms with Crippen molar-refractivity contribution < 1.29 is 18.4 Å².